The number of nitrogens with zero attached hydrogens (tertiary/aromatic N) is 4. The number of anilines is 1. The lowest BCUT2D eigenvalue weighted by atomic mass is 10.1. The van der Waals surface area contributed by atoms with Crippen LogP contribution >= 0.6 is 0 Å². The summed E-state index contributed by atoms with van der Waals surface area (Å²) in [6.45, 7) is 11.9. The van der Waals surface area contributed by atoms with Crippen molar-refractivity contribution in [3.05, 3.63) is 62.3 Å². The second-order valence-electron chi connectivity index (χ2n) is 8.52. The number of carbonyl (C=O) groups is 1. The molecule has 2 aromatic rings. The summed E-state index contributed by atoms with van der Waals surface area (Å²) in [5, 5.41) is 0. The maximum absolute atomic E-state index is 13.0. The predicted molar refractivity (Wildman–Crippen MR) is 119 cm³/mol. The zero-order valence-electron chi connectivity index (χ0n) is 18.6. The van der Waals surface area contributed by atoms with E-state index in [1.54, 1.807) is 10.6 Å². The number of hydrogen-bond donors (Lipinski definition) is 0. The van der Waals surface area contributed by atoms with Crippen LogP contribution in [-0.4, -0.2) is 46.1 Å². The minimum absolute atomic E-state index is 0.0705. The number of carbonyl (C=O) groups excluding carboxylic acids is 1. The van der Waals surface area contributed by atoms with Gasteiger partial charge in [-0.25, -0.2) is 4.79 Å². The molecule has 1 amide bonds. The van der Waals surface area contributed by atoms with Crippen LogP contribution in [0.1, 0.15) is 50.9 Å². The summed E-state index contributed by atoms with van der Waals surface area (Å²) in [5.74, 6) is 0.753. The Morgan fingerprint density at radius 2 is 1.53 bits per heavy atom. The third-order valence-corrected chi connectivity index (χ3v) is 5.74. The molecular weight excluding hydrogens is 380 g/mol. The fourth-order valence-electron chi connectivity index (χ4n) is 4.03. The Morgan fingerprint density at radius 3 is 2.10 bits per heavy atom. The van der Waals surface area contributed by atoms with E-state index in [2.05, 4.69) is 0 Å². The van der Waals surface area contributed by atoms with E-state index in [9.17, 15) is 14.4 Å². The molecule has 7 heteroatoms. The van der Waals surface area contributed by atoms with Crippen LogP contribution in [0.4, 0.5) is 5.82 Å². The minimum Gasteiger partial charge on any atom is -0.354 e. The molecule has 1 aliphatic heterocycles. The van der Waals surface area contributed by atoms with Gasteiger partial charge in [0.05, 0.1) is 6.42 Å². The van der Waals surface area contributed by atoms with E-state index in [1.165, 1.54) is 4.57 Å². The van der Waals surface area contributed by atoms with Gasteiger partial charge in [0, 0.05) is 44.3 Å². The third kappa shape index (κ3) is 4.35. The van der Waals surface area contributed by atoms with Crippen molar-refractivity contribution in [1.29, 1.82) is 0 Å². The van der Waals surface area contributed by atoms with E-state index in [0.29, 0.717) is 38.4 Å². The van der Waals surface area contributed by atoms with Crippen LogP contribution in [0.3, 0.4) is 0 Å². The topological polar surface area (TPSA) is 67.6 Å². The quantitative estimate of drug-likeness (QED) is 0.756. The van der Waals surface area contributed by atoms with Crippen LogP contribution in [0.5, 0.6) is 0 Å². The highest BCUT2D eigenvalue weighted by Gasteiger charge is 2.25. The van der Waals surface area contributed by atoms with E-state index in [-0.39, 0.29) is 29.2 Å². The number of aromatic nitrogens is 2. The fraction of sp³-hybridized carbons (Fsp3) is 0.522. The van der Waals surface area contributed by atoms with Gasteiger partial charge in [0.2, 0.25) is 5.91 Å². The van der Waals surface area contributed by atoms with E-state index in [4.69, 9.17) is 0 Å². The van der Waals surface area contributed by atoms with Gasteiger partial charge in [-0.3, -0.25) is 18.7 Å². The van der Waals surface area contributed by atoms with Crippen molar-refractivity contribution in [1.82, 2.24) is 14.0 Å². The van der Waals surface area contributed by atoms with E-state index < -0.39 is 0 Å². The maximum Gasteiger partial charge on any atom is 0.333 e. The molecule has 30 heavy (non-hydrogen) atoms. The fourth-order valence-corrected chi connectivity index (χ4v) is 4.03. The molecule has 0 atom stereocenters. The van der Waals surface area contributed by atoms with Crippen molar-refractivity contribution < 1.29 is 4.79 Å². The lowest BCUT2D eigenvalue weighted by molar-refractivity contribution is -0.130. The Hall–Kier alpha value is -2.83. The van der Waals surface area contributed by atoms with Crippen molar-refractivity contribution in [2.24, 2.45) is 0 Å². The standard InChI is InChI=1S/C23H32N4O3/c1-16(2)26-20(15-22(29)27(17(3)4)23(26)30)24-10-12-25(13-11-24)21(28)14-19-9-7-6-8-18(19)5/h6-9,15-17H,10-14H2,1-5H3. The summed E-state index contributed by atoms with van der Waals surface area (Å²) < 4.78 is 2.98. The summed E-state index contributed by atoms with van der Waals surface area (Å²) in [6.07, 6.45) is 0.397. The second kappa shape index (κ2) is 8.90. The first-order valence-electron chi connectivity index (χ1n) is 10.7. The maximum atomic E-state index is 13.0. The molecule has 0 N–H and O–H groups in total. The highest BCUT2D eigenvalue weighted by Crippen LogP contribution is 2.19. The van der Waals surface area contributed by atoms with E-state index in [0.717, 1.165) is 11.1 Å². The van der Waals surface area contributed by atoms with Crippen LogP contribution < -0.4 is 16.1 Å². The molecule has 3 rings (SSSR count). The average Bonchev–Trinajstić information content (AvgIpc) is 2.68. The summed E-state index contributed by atoms with van der Waals surface area (Å²) in [4.78, 5) is 42.2. The minimum atomic E-state index is -0.278. The van der Waals surface area contributed by atoms with Crippen molar-refractivity contribution in [2.75, 3.05) is 31.1 Å². The Kier molecular flexibility index (Phi) is 6.48. The highest BCUT2D eigenvalue weighted by molar-refractivity contribution is 5.79. The van der Waals surface area contributed by atoms with Crippen LogP contribution in [0.25, 0.3) is 0 Å². The molecule has 0 aliphatic carbocycles. The molecule has 2 heterocycles. The summed E-state index contributed by atoms with van der Waals surface area (Å²) in [5.41, 5.74) is 1.62. The number of aryl methyl sites for hydroxylation is 1. The van der Waals surface area contributed by atoms with Crippen LogP contribution in [0.2, 0.25) is 0 Å². The van der Waals surface area contributed by atoms with Crippen molar-refractivity contribution >= 4 is 11.7 Å². The molecule has 1 aromatic heterocycles. The SMILES string of the molecule is Cc1ccccc1CC(=O)N1CCN(c2cc(=O)n(C(C)C)c(=O)n2C(C)C)CC1. The molecule has 1 saturated heterocycles. The highest BCUT2D eigenvalue weighted by atomic mass is 16.2. The van der Waals surface area contributed by atoms with E-state index in [1.807, 2.05) is 68.7 Å². The van der Waals surface area contributed by atoms with Gasteiger partial charge in [-0.05, 0) is 45.7 Å². The van der Waals surface area contributed by atoms with Crippen LogP contribution in [0, 0.1) is 6.92 Å². The van der Waals surface area contributed by atoms with Gasteiger partial charge >= 0.3 is 5.69 Å². The van der Waals surface area contributed by atoms with Gasteiger partial charge in [0.25, 0.3) is 5.56 Å². The molecular formula is C23H32N4O3. The molecule has 0 saturated carbocycles. The van der Waals surface area contributed by atoms with Gasteiger partial charge in [-0.2, -0.15) is 0 Å². The zero-order valence-corrected chi connectivity index (χ0v) is 18.6. The average molecular weight is 413 g/mol. The zero-order chi connectivity index (χ0) is 22.0. The van der Waals surface area contributed by atoms with Crippen LogP contribution in [0.15, 0.2) is 39.9 Å². The number of piperazine rings is 1. The Morgan fingerprint density at radius 1 is 0.933 bits per heavy atom. The second-order valence-corrected chi connectivity index (χ2v) is 8.52. The molecule has 7 nitrogen and oxygen atoms in total. The number of benzene rings is 1. The van der Waals surface area contributed by atoms with Crippen molar-refractivity contribution in [3.63, 3.8) is 0 Å². The number of hydrogen-bond acceptors (Lipinski definition) is 4. The smallest absolute Gasteiger partial charge is 0.333 e. The Labute approximate surface area is 177 Å². The summed E-state index contributed by atoms with van der Waals surface area (Å²) in [6, 6.07) is 9.24. The van der Waals surface area contributed by atoms with Crippen LogP contribution in [-0.2, 0) is 11.2 Å². The van der Waals surface area contributed by atoms with E-state index >= 15 is 0 Å². The monoisotopic (exact) mass is 412 g/mol. The molecule has 1 aromatic carbocycles. The summed E-state index contributed by atoms with van der Waals surface area (Å²) >= 11 is 0. The lowest BCUT2D eigenvalue weighted by Gasteiger charge is -2.37. The molecule has 0 bridgehead atoms. The van der Waals surface area contributed by atoms with Gasteiger partial charge in [0.1, 0.15) is 5.82 Å². The molecule has 1 fully saturated rings. The number of rotatable bonds is 5. The Balaban J connectivity index is 1.78. The lowest BCUT2D eigenvalue weighted by Crippen LogP contribution is -2.52. The van der Waals surface area contributed by atoms with Gasteiger partial charge in [0.15, 0.2) is 0 Å². The molecule has 162 valence electrons. The van der Waals surface area contributed by atoms with Gasteiger partial charge in [-0.1, -0.05) is 24.3 Å². The summed E-state index contributed by atoms with van der Waals surface area (Å²) in [7, 11) is 0. The largest absolute Gasteiger partial charge is 0.354 e. The predicted octanol–water partition coefficient (Wildman–Crippen LogP) is 2.37. The first-order valence-corrected chi connectivity index (χ1v) is 10.7. The van der Waals surface area contributed by atoms with Gasteiger partial charge < -0.3 is 9.80 Å². The van der Waals surface area contributed by atoms with Gasteiger partial charge in [-0.15, -0.1) is 0 Å². The molecule has 0 unspecified atom stereocenters. The normalized spacial score (nSPS) is 14.6. The molecule has 0 radical (unpaired) electrons. The molecule has 0 spiro atoms. The number of amides is 1. The van der Waals surface area contributed by atoms with Crippen molar-refractivity contribution in [3.8, 4) is 0 Å². The third-order valence-electron chi connectivity index (χ3n) is 5.74. The molecule has 1 aliphatic rings. The first kappa shape index (κ1) is 21.9. The van der Waals surface area contributed by atoms with Crippen molar-refractivity contribution in [2.45, 2.75) is 53.1 Å². The Bertz CT molecular complexity index is 1030. The first-order chi connectivity index (χ1) is 14.2.